The van der Waals surface area contributed by atoms with Crippen molar-refractivity contribution >= 4 is 45.7 Å². The third-order valence-electron chi connectivity index (χ3n) is 3.98. The van der Waals surface area contributed by atoms with Crippen molar-refractivity contribution in [1.82, 2.24) is 4.57 Å². The largest absolute Gasteiger partial charge is 0.463 e. The van der Waals surface area contributed by atoms with Crippen molar-refractivity contribution in [2.24, 2.45) is 17.0 Å². The summed E-state index contributed by atoms with van der Waals surface area (Å²) in [6.07, 6.45) is 6.48. The second-order valence-electron chi connectivity index (χ2n) is 5.98. The van der Waals surface area contributed by atoms with Gasteiger partial charge in [-0.3, -0.25) is 0 Å². The second kappa shape index (κ2) is 9.84. The fourth-order valence-corrected chi connectivity index (χ4v) is 3.56. The summed E-state index contributed by atoms with van der Waals surface area (Å²) in [5.41, 5.74) is 0.899. The van der Waals surface area contributed by atoms with E-state index in [1.165, 1.54) is 12.5 Å². The number of nitrogens with zero attached hydrogens (tertiary/aromatic N) is 3. The van der Waals surface area contributed by atoms with Crippen LogP contribution in [0, 0.1) is 0 Å². The number of rotatable bonds is 8. The van der Waals surface area contributed by atoms with Crippen molar-refractivity contribution in [3.05, 3.63) is 59.3 Å². The SMILES string of the molecule is CCOC(=O)c1c(/N=C/c2ccco2)sc(/N=C/c2cccn2C)c1C(=O)OCC. The minimum Gasteiger partial charge on any atom is -0.463 e. The predicted molar refractivity (Wildman–Crippen MR) is 115 cm³/mol. The Hall–Kier alpha value is -3.46. The molecule has 8 nitrogen and oxygen atoms in total. The normalized spacial score (nSPS) is 11.4. The molecule has 0 spiro atoms. The number of hydrogen-bond donors (Lipinski definition) is 0. The molecule has 0 unspecified atom stereocenters. The number of hydrogen-bond acceptors (Lipinski definition) is 8. The van der Waals surface area contributed by atoms with Gasteiger partial charge in [0.1, 0.15) is 26.9 Å². The highest BCUT2D eigenvalue weighted by Gasteiger charge is 2.30. The van der Waals surface area contributed by atoms with E-state index in [0.717, 1.165) is 17.0 Å². The summed E-state index contributed by atoms with van der Waals surface area (Å²) >= 11 is 1.10. The van der Waals surface area contributed by atoms with Crippen molar-refractivity contribution in [2.45, 2.75) is 13.8 Å². The van der Waals surface area contributed by atoms with Crippen LogP contribution in [0.15, 0.2) is 51.1 Å². The Labute approximate surface area is 177 Å². The maximum atomic E-state index is 12.7. The van der Waals surface area contributed by atoms with Gasteiger partial charge in [0.05, 0.1) is 37.6 Å². The standard InChI is InChI=1S/C21H21N3O5S/c1-4-27-20(25)16-17(21(26)28-5-2)19(23-13-15-9-7-11-29-15)30-18(16)22-12-14-8-6-10-24(14)3/h6-13H,4-5H2,1-3H3/b22-12+,23-13+. The first-order valence-corrected chi connectivity index (χ1v) is 10.1. The molecule has 0 saturated carbocycles. The smallest absolute Gasteiger partial charge is 0.342 e. The van der Waals surface area contributed by atoms with E-state index in [9.17, 15) is 9.59 Å². The average molecular weight is 427 g/mol. The lowest BCUT2D eigenvalue weighted by molar-refractivity contribution is 0.0481. The molecule has 0 saturated heterocycles. The molecule has 0 aliphatic carbocycles. The van der Waals surface area contributed by atoms with E-state index in [1.54, 1.807) is 32.2 Å². The van der Waals surface area contributed by atoms with E-state index in [2.05, 4.69) is 9.98 Å². The van der Waals surface area contributed by atoms with Crippen molar-refractivity contribution in [1.29, 1.82) is 0 Å². The number of carbonyl (C=O) groups excluding carboxylic acids is 2. The van der Waals surface area contributed by atoms with Gasteiger partial charge >= 0.3 is 11.9 Å². The van der Waals surface area contributed by atoms with Gasteiger partial charge in [0.15, 0.2) is 0 Å². The van der Waals surface area contributed by atoms with Crippen LogP contribution in [0.3, 0.4) is 0 Å². The Balaban J connectivity index is 2.12. The van der Waals surface area contributed by atoms with Crippen LogP contribution in [0.4, 0.5) is 10.0 Å². The average Bonchev–Trinajstić information content (AvgIpc) is 3.45. The topological polar surface area (TPSA) is 95.4 Å². The minimum atomic E-state index is -0.663. The van der Waals surface area contributed by atoms with E-state index in [1.807, 2.05) is 29.9 Å². The summed E-state index contributed by atoms with van der Waals surface area (Å²) in [5, 5.41) is 0.594. The summed E-state index contributed by atoms with van der Waals surface area (Å²) in [7, 11) is 1.88. The Morgan fingerprint density at radius 1 is 1.03 bits per heavy atom. The fraction of sp³-hybridized carbons (Fsp3) is 0.238. The molecule has 3 aromatic rings. The van der Waals surface area contributed by atoms with Crippen molar-refractivity contribution in [3.63, 3.8) is 0 Å². The van der Waals surface area contributed by atoms with E-state index in [-0.39, 0.29) is 29.3 Å². The molecule has 0 atom stereocenters. The summed E-state index contributed by atoms with van der Waals surface area (Å²) < 4.78 is 17.5. The molecule has 9 heteroatoms. The predicted octanol–water partition coefficient (Wildman–Crippen LogP) is 4.53. The van der Waals surface area contributed by atoms with Crippen LogP contribution < -0.4 is 0 Å². The van der Waals surface area contributed by atoms with Crippen LogP contribution in [0.5, 0.6) is 0 Å². The molecule has 0 aliphatic heterocycles. The van der Waals surface area contributed by atoms with Gasteiger partial charge in [-0.1, -0.05) is 11.3 Å². The third-order valence-corrected chi connectivity index (χ3v) is 4.99. The number of esters is 2. The Morgan fingerprint density at radius 3 is 2.17 bits per heavy atom. The highest BCUT2D eigenvalue weighted by atomic mass is 32.1. The van der Waals surface area contributed by atoms with Crippen LogP contribution in [0.2, 0.25) is 0 Å². The number of aryl methyl sites for hydroxylation is 1. The van der Waals surface area contributed by atoms with Crippen molar-refractivity contribution in [3.8, 4) is 0 Å². The second-order valence-corrected chi connectivity index (χ2v) is 6.96. The van der Waals surface area contributed by atoms with E-state index in [4.69, 9.17) is 13.9 Å². The molecule has 30 heavy (non-hydrogen) atoms. The Morgan fingerprint density at radius 2 is 1.67 bits per heavy atom. The number of ether oxygens (including phenoxy) is 2. The van der Waals surface area contributed by atoms with Crippen LogP contribution in [-0.2, 0) is 16.5 Å². The first-order valence-electron chi connectivity index (χ1n) is 9.29. The first-order chi connectivity index (χ1) is 14.5. The van der Waals surface area contributed by atoms with E-state index < -0.39 is 11.9 Å². The van der Waals surface area contributed by atoms with E-state index in [0.29, 0.717) is 10.8 Å². The maximum absolute atomic E-state index is 12.7. The zero-order chi connectivity index (χ0) is 21.5. The van der Waals surface area contributed by atoms with Gasteiger partial charge in [-0.2, -0.15) is 0 Å². The molecule has 0 aromatic carbocycles. The van der Waals surface area contributed by atoms with Gasteiger partial charge in [-0.05, 0) is 38.1 Å². The summed E-state index contributed by atoms with van der Waals surface area (Å²) in [4.78, 5) is 34.2. The van der Waals surface area contributed by atoms with Gasteiger partial charge < -0.3 is 18.5 Å². The van der Waals surface area contributed by atoms with Crippen LogP contribution in [-0.4, -0.2) is 42.1 Å². The highest BCUT2D eigenvalue weighted by Crippen LogP contribution is 2.42. The molecule has 0 bridgehead atoms. The molecule has 0 amide bonds. The molecule has 0 fully saturated rings. The lowest BCUT2D eigenvalue weighted by Crippen LogP contribution is -2.12. The summed E-state index contributed by atoms with van der Waals surface area (Å²) in [5.74, 6) is -0.816. The molecular formula is C21H21N3O5S. The molecule has 3 aromatic heterocycles. The number of aliphatic imine (C=N–C) groups is 2. The molecular weight excluding hydrogens is 406 g/mol. The lowest BCUT2D eigenvalue weighted by Gasteiger charge is -2.05. The quantitative estimate of drug-likeness (QED) is 0.389. The van der Waals surface area contributed by atoms with Gasteiger partial charge in [0.25, 0.3) is 0 Å². The van der Waals surface area contributed by atoms with Crippen molar-refractivity contribution < 1.29 is 23.5 Å². The monoisotopic (exact) mass is 427 g/mol. The Bertz CT molecular complexity index is 1080. The van der Waals surface area contributed by atoms with Crippen LogP contribution in [0.25, 0.3) is 0 Å². The molecule has 3 heterocycles. The van der Waals surface area contributed by atoms with Crippen LogP contribution >= 0.6 is 11.3 Å². The number of thiophene rings is 1. The molecule has 3 rings (SSSR count). The number of furan rings is 1. The molecule has 156 valence electrons. The molecule has 0 aliphatic rings. The lowest BCUT2D eigenvalue weighted by atomic mass is 10.1. The van der Waals surface area contributed by atoms with E-state index >= 15 is 0 Å². The van der Waals surface area contributed by atoms with Gasteiger partial charge in [0.2, 0.25) is 0 Å². The van der Waals surface area contributed by atoms with Crippen molar-refractivity contribution in [2.75, 3.05) is 13.2 Å². The summed E-state index contributed by atoms with van der Waals surface area (Å²) in [6.45, 7) is 3.69. The molecule has 0 N–H and O–H groups in total. The fourth-order valence-electron chi connectivity index (χ4n) is 2.59. The minimum absolute atomic E-state index is 0.0298. The number of carbonyl (C=O) groups is 2. The molecule has 0 radical (unpaired) electrons. The van der Waals surface area contributed by atoms with Crippen LogP contribution in [0.1, 0.15) is 46.0 Å². The first kappa shape index (κ1) is 21.3. The third kappa shape index (κ3) is 4.74. The highest BCUT2D eigenvalue weighted by molar-refractivity contribution is 7.20. The maximum Gasteiger partial charge on any atom is 0.342 e. The van der Waals surface area contributed by atoms with Gasteiger partial charge in [0, 0.05) is 13.2 Å². The zero-order valence-electron chi connectivity index (χ0n) is 16.8. The summed E-state index contributed by atoms with van der Waals surface area (Å²) in [6, 6.07) is 7.21. The number of aromatic nitrogens is 1. The van der Waals surface area contributed by atoms with Gasteiger partial charge in [-0.25, -0.2) is 19.6 Å². The van der Waals surface area contributed by atoms with Gasteiger partial charge in [-0.15, -0.1) is 0 Å². The zero-order valence-corrected chi connectivity index (χ0v) is 17.6. The Kier molecular flexibility index (Phi) is 6.97.